The monoisotopic (exact) mass is 200 g/mol. The second-order valence-corrected chi connectivity index (χ2v) is 1.99. The van der Waals surface area contributed by atoms with Crippen LogP contribution in [-0.4, -0.2) is 11.0 Å². The molecule has 8 heteroatoms. The molecular formula is C6H8N4O4. The Morgan fingerprint density at radius 1 is 1.43 bits per heavy atom. The summed E-state index contributed by atoms with van der Waals surface area (Å²) in [6, 6.07) is 3.28. The third-order valence-corrected chi connectivity index (χ3v) is 1.11. The molecule has 0 fully saturated rings. The summed E-state index contributed by atoms with van der Waals surface area (Å²) in [4.78, 5) is 21.8. The number of nitrogens with two attached hydrogens (primary N) is 1. The van der Waals surface area contributed by atoms with Gasteiger partial charge >= 0.3 is 0 Å². The van der Waals surface area contributed by atoms with Gasteiger partial charge < -0.3 is 15.3 Å². The molecule has 0 spiro atoms. The van der Waals surface area contributed by atoms with Gasteiger partial charge in [-0.3, -0.25) is 10.2 Å². The van der Waals surface area contributed by atoms with Crippen LogP contribution in [0.15, 0.2) is 24.5 Å². The van der Waals surface area contributed by atoms with Crippen LogP contribution in [0, 0.1) is 15.3 Å². The Labute approximate surface area is 78.4 Å². The van der Waals surface area contributed by atoms with Gasteiger partial charge in [-0.1, -0.05) is 0 Å². The lowest BCUT2D eigenvalue weighted by Crippen LogP contribution is -2.30. The van der Waals surface area contributed by atoms with E-state index in [-0.39, 0.29) is 5.91 Å². The van der Waals surface area contributed by atoms with Gasteiger partial charge in [0.25, 0.3) is 5.91 Å². The highest BCUT2D eigenvalue weighted by Gasteiger charge is 2.01. The standard InChI is InChI=1S/C6H7N3O.NO3/c7-9-6(10)5-1-3-8-4-2-5;2-1(3)4/h1-4H,7H2,(H,9,10);/q;-1/p+1. The van der Waals surface area contributed by atoms with Crippen LogP contribution < -0.4 is 16.3 Å². The van der Waals surface area contributed by atoms with Gasteiger partial charge in [0.2, 0.25) is 0 Å². The van der Waals surface area contributed by atoms with Gasteiger partial charge in [-0.25, -0.2) is 10.8 Å². The van der Waals surface area contributed by atoms with Gasteiger partial charge in [0, 0.05) is 12.1 Å². The van der Waals surface area contributed by atoms with Crippen molar-refractivity contribution in [1.29, 1.82) is 0 Å². The first-order chi connectivity index (χ1) is 6.57. The van der Waals surface area contributed by atoms with Crippen LogP contribution >= 0.6 is 0 Å². The molecule has 0 aliphatic heterocycles. The van der Waals surface area contributed by atoms with Crippen LogP contribution in [0.1, 0.15) is 10.4 Å². The minimum absolute atomic E-state index is 0.283. The lowest BCUT2D eigenvalue weighted by atomic mass is 10.3. The molecule has 1 aromatic rings. The van der Waals surface area contributed by atoms with Crippen LogP contribution in [0.3, 0.4) is 0 Å². The maximum atomic E-state index is 10.8. The van der Waals surface area contributed by atoms with Crippen molar-refractivity contribution in [2.24, 2.45) is 5.84 Å². The van der Waals surface area contributed by atoms with Gasteiger partial charge in [-0.15, -0.1) is 0 Å². The molecule has 0 aliphatic rings. The van der Waals surface area contributed by atoms with E-state index in [0.717, 1.165) is 0 Å². The third kappa shape index (κ3) is 5.43. The second-order valence-electron chi connectivity index (χ2n) is 1.99. The number of carbonyl (C=O) groups is 1. The number of nitrogens with zero attached hydrogens (tertiary/aromatic N) is 1. The molecule has 14 heavy (non-hydrogen) atoms. The van der Waals surface area contributed by atoms with Crippen molar-refractivity contribution in [3.8, 4) is 0 Å². The van der Waals surface area contributed by atoms with E-state index >= 15 is 0 Å². The molecule has 76 valence electrons. The van der Waals surface area contributed by atoms with Gasteiger partial charge in [0.1, 0.15) is 0 Å². The molecule has 4 N–H and O–H groups in total. The van der Waals surface area contributed by atoms with Crippen molar-refractivity contribution >= 4 is 5.91 Å². The van der Waals surface area contributed by atoms with Crippen LogP contribution in [-0.2, 0) is 0 Å². The Morgan fingerprint density at radius 2 is 1.86 bits per heavy atom. The second kappa shape index (κ2) is 6.31. The highest BCUT2D eigenvalue weighted by molar-refractivity contribution is 5.93. The molecule has 0 aromatic carbocycles. The lowest BCUT2D eigenvalue weighted by molar-refractivity contribution is -0.402. The zero-order valence-corrected chi connectivity index (χ0v) is 6.97. The number of H-pyrrole nitrogens is 1. The fraction of sp³-hybridized carbons (Fsp3) is 0. The smallest absolute Gasteiger partial charge is 0.265 e. The molecule has 0 atom stereocenters. The van der Waals surface area contributed by atoms with Gasteiger partial charge in [-0.05, 0) is 0 Å². The summed E-state index contributed by atoms with van der Waals surface area (Å²) in [6.45, 7) is 0. The summed E-state index contributed by atoms with van der Waals surface area (Å²) in [5.74, 6) is 4.61. The van der Waals surface area contributed by atoms with Crippen molar-refractivity contribution in [3.05, 3.63) is 45.4 Å². The fourth-order valence-electron chi connectivity index (χ4n) is 0.622. The van der Waals surface area contributed by atoms with Crippen molar-refractivity contribution in [3.63, 3.8) is 0 Å². The number of aromatic nitrogens is 1. The summed E-state index contributed by atoms with van der Waals surface area (Å²) in [6.07, 6.45) is 3.31. The van der Waals surface area contributed by atoms with E-state index in [0.29, 0.717) is 5.56 Å². The van der Waals surface area contributed by atoms with Gasteiger partial charge in [0.05, 0.1) is 10.7 Å². The molecule has 1 amide bonds. The van der Waals surface area contributed by atoms with Crippen LogP contribution in [0.4, 0.5) is 0 Å². The Kier molecular flexibility index (Phi) is 5.31. The van der Waals surface area contributed by atoms with E-state index in [1.54, 1.807) is 24.5 Å². The predicted octanol–water partition coefficient (Wildman–Crippen LogP) is -1.13. The molecule has 0 unspecified atom stereocenters. The fourth-order valence-corrected chi connectivity index (χ4v) is 0.622. The number of hydrogen-bond donors (Lipinski definition) is 2. The maximum absolute atomic E-state index is 10.8. The maximum Gasteiger partial charge on any atom is 0.265 e. The average Bonchev–Trinajstić information content (AvgIpc) is 2.17. The van der Waals surface area contributed by atoms with E-state index < -0.39 is 5.09 Å². The van der Waals surface area contributed by atoms with Gasteiger partial charge in [-0.2, -0.15) is 0 Å². The number of hydrazine groups is 1. The van der Waals surface area contributed by atoms with Crippen molar-refractivity contribution in [2.45, 2.75) is 0 Å². The number of rotatable bonds is 1. The number of pyridine rings is 1. The molecule has 0 aliphatic carbocycles. The summed E-state index contributed by atoms with van der Waals surface area (Å²) >= 11 is 0. The molecule has 1 rings (SSSR count). The third-order valence-electron chi connectivity index (χ3n) is 1.11. The number of carbonyl (C=O) groups excluding carboxylic acids is 1. The zero-order chi connectivity index (χ0) is 11.0. The Morgan fingerprint density at radius 3 is 2.21 bits per heavy atom. The number of amides is 1. The number of aromatic amines is 1. The number of nitrogen functional groups attached to an aromatic ring is 1. The number of hydrogen-bond acceptors (Lipinski definition) is 5. The summed E-state index contributed by atoms with van der Waals surface area (Å²) in [5.41, 5.74) is 2.57. The molecule has 1 heterocycles. The average molecular weight is 200 g/mol. The van der Waals surface area contributed by atoms with Crippen LogP contribution in [0.5, 0.6) is 0 Å². The van der Waals surface area contributed by atoms with E-state index in [9.17, 15) is 4.79 Å². The first-order valence-electron chi connectivity index (χ1n) is 3.36. The molecule has 8 nitrogen and oxygen atoms in total. The quantitative estimate of drug-likeness (QED) is 0.255. The largest absolute Gasteiger partial charge is 0.356 e. The summed E-state index contributed by atoms with van der Waals surface area (Å²) < 4.78 is 0. The Hall–Kier alpha value is -2.22. The zero-order valence-electron chi connectivity index (χ0n) is 6.97. The van der Waals surface area contributed by atoms with Crippen molar-refractivity contribution in [1.82, 2.24) is 5.43 Å². The van der Waals surface area contributed by atoms with E-state index in [1.165, 1.54) is 0 Å². The highest BCUT2D eigenvalue weighted by Crippen LogP contribution is 1.91. The first kappa shape index (κ1) is 11.8. The lowest BCUT2D eigenvalue weighted by Gasteiger charge is -1.93. The van der Waals surface area contributed by atoms with Crippen molar-refractivity contribution < 1.29 is 14.9 Å². The van der Waals surface area contributed by atoms with Crippen molar-refractivity contribution in [2.75, 3.05) is 0 Å². The highest BCUT2D eigenvalue weighted by atomic mass is 16.9. The normalized spacial score (nSPS) is 8.07. The molecule has 1 aromatic heterocycles. The summed E-state index contributed by atoms with van der Waals surface area (Å²) in [5, 5.41) is 14.8. The Balaban J connectivity index is 0.000000364. The van der Waals surface area contributed by atoms with Crippen LogP contribution in [0.25, 0.3) is 0 Å². The van der Waals surface area contributed by atoms with Gasteiger partial charge in [0.15, 0.2) is 12.4 Å². The number of nitrogens with one attached hydrogen (secondary N) is 2. The Bertz CT molecular complexity index is 298. The minimum Gasteiger partial charge on any atom is -0.356 e. The molecular weight excluding hydrogens is 192 g/mol. The minimum atomic E-state index is -1.75. The predicted molar refractivity (Wildman–Crippen MR) is 45.0 cm³/mol. The molecule has 0 radical (unpaired) electrons. The molecule has 0 saturated heterocycles. The van der Waals surface area contributed by atoms with E-state index in [4.69, 9.17) is 21.2 Å². The van der Waals surface area contributed by atoms with E-state index in [1.807, 2.05) is 5.43 Å². The topological polar surface area (TPSA) is 135 Å². The van der Waals surface area contributed by atoms with Crippen LogP contribution in [0.2, 0.25) is 0 Å². The SMILES string of the molecule is NNC(=O)c1cc[nH+]cc1.O=[N+]([O-])[O-]. The first-order valence-corrected chi connectivity index (χ1v) is 3.36. The summed E-state index contributed by atoms with van der Waals surface area (Å²) in [7, 11) is 0. The molecule has 0 saturated carbocycles. The molecule has 0 bridgehead atoms. The van der Waals surface area contributed by atoms with E-state index in [2.05, 4.69) is 4.98 Å².